The molecule has 1 saturated heterocycles. The smallest absolute Gasteiger partial charge is 0.325 e. The Labute approximate surface area is 190 Å². The third-order valence-electron chi connectivity index (χ3n) is 4.65. The van der Waals surface area contributed by atoms with Crippen molar-refractivity contribution >= 4 is 35.0 Å². The average molecular weight is 454 g/mol. The Balaban J connectivity index is 1.90. The number of hydrogen-bond acceptors (Lipinski definition) is 7. The van der Waals surface area contributed by atoms with Crippen LogP contribution in [-0.4, -0.2) is 42.8 Å². The number of ether oxygens (including phenoxy) is 3. The molecule has 1 aliphatic rings. The number of esters is 1. The molecule has 0 bridgehead atoms. The number of allylic oxidation sites excluding steroid dienone is 1. The van der Waals surface area contributed by atoms with Gasteiger partial charge in [0.05, 0.1) is 19.1 Å². The summed E-state index contributed by atoms with van der Waals surface area (Å²) in [4.78, 5) is 37.3. The van der Waals surface area contributed by atoms with E-state index >= 15 is 0 Å². The lowest BCUT2D eigenvalue weighted by molar-refractivity contribution is -0.143. The van der Waals surface area contributed by atoms with E-state index in [2.05, 4.69) is 11.3 Å². The van der Waals surface area contributed by atoms with Crippen molar-refractivity contribution in [3.05, 3.63) is 76.7 Å². The summed E-state index contributed by atoms with van der Waals surface area (Å²) >= 11 is 0.772. The molecule has 2 amide bonds. The van der Waals surface area contributed by atoms with Gasteiger partial charge in [-0.15, -0.1) is 6.58 Å². The molecule has 1 heterocycles. The standard InChI is InChI=1S/C24H23NO6S/c1-4-8-18-11-17(13-20-23(27)25(24(28)32-20)14-21(26)30-3)12-19(29-2)22(18)31-15-16-9-6-5-7-10-16/h4-7,9-13H,1,8,14-15H2,2-3H3. The van der Waals surface area contributed by atoms with Crippen LogP contribution in [0.15, 0.2) is 60.0 Å². The number of thioether (sulfide) groups is 1. The number of carbonyl (C=O) groups is 3. The zero-order valence-electron chi connectivity index (χ0n) is 17.8. The fourth-order valence-corrected chi connectivity index (χ4v) is 3.94. The van der Waals surface area contributed by atoms with E-state index in [4.69, 9.17) is 9.47 Å². The van der Waals surface area contributed by atoms with Crippen molar-refractivity contribution < 1.29 is 28.6 Å². The molecule has 0 aliphatic carbocycles. The molecule has 0 radical (unpaired) electrons. The maximum atomic E-state index is 12.6. The van der Waals surface area contributed by atoms with Crippen LogP contribution < -0.4 is 9.47 Å². The van der Waals surface area contributed by atoms with Gasteiger partial charge in [0.15, 0.2) is 11.5 Å². The van der Waals surface area contributed by atoms with Gasteiger partial charge >= 0.3 is 5.97 Å². The molecular formula is C24H23NO6S. The van der Waals surface area contributed by atoms with Crippen LogP contribution in [0.3, 0.4) is 0 Å². The molecule has 32 heavy (non-hydrogen) atoms. The second kappa shape index (κ2) is 10.7. The number of hydrogen-bond donors (Lipinski definition) is 0. The lowest BCUT2D eigenvalue weighted by Crippen LogP contribution is -2.34. The van der Waals surface area contributed by atoms with Crippen LogP contribution in [0, 0.1) is 0 Å². The van der Waals surface area contributed by atoms with Gasteiger partial charge in [-0.1, -0.05) is 36.4 Å². The van der Waals surface area contributed by atoms with Crippen molar-refractivity contribution in [1.29, 1.82) is 0 Å². The van der Waals surface area contributed by atoms with E-state index in [1.807, 2.05) is 36.4 Å². The van der Waals surface area contributed by atoms with E-state index in [0.29, 0.717) is 30.1 Å². The van der Waals surface area contributed by atoms with Gasteiger partial charge in [-0.05, 0) is 47.5 Å². The molecule has 166 valence electrons. The minimum Gasteiger partial charge on any atom is -0.493 e. The molecule has 0 saturated carbocycles. The highest BCUT2D eigenvalue weighted by Crippen LogP contribution is 2.37. The van der Waals surface area contributed by atoms with Crippen LogP contribution in [-0.2, 0) is 27.4 Å². The first kappa shape index (κ1) is 23.1. The number of amides is 2. The fraction of sp³-hybridized carbons (Fsp3) is 0.208. The predicted octanol–water partition coefficient (Wildman–Crippen LogP) is 4.21. The normalized spacial score (nSPS) is 14.6. The van der Waals surface area contributed by atoms with Gasteiger partial charge in [0.1, 0.15) is 13.2 Å². The Bertz CT molecular complexity index is 1060. The molecule has 8 heteroatoms. The van der Waals surface area contributed by atoms with Crippen LogP contribution in [0.25, 0.3) is 6.08 Å². The summed E-state index contributed by atoms with van der Waals surface area (Å²) in [7, 11) is 2.74. The van der Waals surface area contributed by atoms with Gasteiger partial charge in [0.25, 0.3) is 11.1 Å². The van der Waals surface area contributed by atoms with Crippen LogP contribution in [0.1, 0.15) is 16.7 Å². The van der Waals surface area contributed by atoms with Crippen molar-refractivity contribution in [1.82, 2.24) is 4.90 Å². The molecule has 0 aromatic heterocycles. The molecule has 2 aromatic carbocycles. The summed E-state index contributed by atoms with van der Waals surface area (Å²) in [6.07, 6.45) is 3.86. The molecule has 0 spiro atoms. The summed E-state index contributed by atoms with van der Waals surface area (Å²) in [5.41, 5.74) is 2.51. The molecule has 1 fully saturated rings. The van der Waals surface area contributed by atoms with Crippen LogP contribution in [0.4, 0.5) is 4.79 Å². The van der Waals surface area contributed by atoms with Gasteiger partial charge in [0.2, 0.25) is 0 Å². The Morgan fingerprint density at radius 1 is 1.16 bits per heavy atom. The minimum atomic E-state index is -0.664. The molecule has 1 aliphatic heterocycles. The molecule has 0 atom stereocenters. The second-order valence-electron chi connectivity index (χ2n) is 6.82. The van der Waals surface area contributed by atoms with Crippen molar-refractivity contribution in [2.45, 2.75) is 13.0 Å². The van der Waals surface area contributed by atoms with Crippen LogP contribution >= 0.6 is 11.8 Å². The maximum Gasteiger partial charge on any atom is 0.325 e. The third-order valence-corrected chi connectivity index (χ3v) is 5.56. The van der Waals surface area contributed by atoms with Crippen molar-refractivity contribution in [3.8, 4) is 11.5 Å². The van der Waals surface area contributed by atoms with E-state index in [9.17, 15) is 14.4 Å². The number of imide groups is 1. The molecule has 7 nitrogen and oxygen atoms in total. The number of benzene rings is 2. The van der Waals surface area contributed by atoms with Crippen LogP contribution in [0.2, 0.25) is 0 Å². The quantitative estimate of drug-likeness (QED) is 0.320. The molecule has 3 rings (SSSR count). The monoisotopic (exact) mass is 453 g/mol. The average Bonchev–Trinajstić information content (AvgIpc) is 3.06. The second-order valence-corrected chi connectivity index (χ2v) is 7.82. The fourth-order valence-electron chi connectivity index (χ4n) is 3.10. The third kappa shape index (κ3) is 5.39. The molecule has 2 aromatic rings. The summed E-state index contributed by atoms with van der Waals surface area (Å²) < 4.78 is 16.1. The molecule has 0 unspecified atom stereocenters. The van der Waals surface area contributed by atoms with E-state index in [1.165, 1.54) is 14.2 Å². The van der Waals surface area contributed by atoms with E-state index < -0.39 is 23.7 Å². The first-order chi connectivity index (χ1) is 15.5. The number of nitrogens with zero attached hydrogens (tertiary/aromatic N) is 1. The highest BCUT2D eigenvalue weighted by molar-refractivity contribution is 8.18. The Morgan fingerprint density at radius 2 is 1.91 bits per heavy atom. The van der Waals surface area contributed by atoms with Gasteiger partial charge in [0, 0.05) is 5.56 Å². The summed E-state index contributed by atoms with van der Waals surface area (Å²) in [5.74, 6) is -0.116. The lowest BCUT2D eigenvalue weighted by Gasteiger charge is -2.16. The maximum absolute atomic E-state index is 12.6. The van der Waals surface area contributed by atoms with Crippen molar-refractivity contribution in [2.75, 3.05) is 20.8 Å². The summed E-state index contributed by atoms with van der Waals surface area (Å²) in [6, 6.07) is 13.4. The van der Waals surface area contributed by atoms with Crippen molar-refractivity contribution in [3.63, 3.8) is 0 Å². The first-order valence-corrected chi connectivity index (χ1v) is 10.6. The van der Waals surface area contributed by atoms with Crippen molar-refractivity contribution in [2.24, 2.45) is 0 Å². The Morgan fingerprint density at radius 3 is 2.56 bits per heavy atom. The SMILES string of the molecule is C=CCc1cc(C=C2SC(=O)N(CC(=O)OC)C2=O)cc(OC)c1OCc1ccccc1. The van der Waals surface area contributed by atoms with Gasteiger partial charge in [-0.3, -0.25) is 19.3 Å². The highest BCUT2D eigenvalue weighted by Gasteiger charge is 2.36. The highest BCUT2D eigenvalue weighted by atomic mass is 32.2. The zero-order chi connectivity index (χ0) is 23.1. The predicted molar refractivity (Wildman–Crippen MR) is 122 cm³/mol. The Hall–Kier alpha value is -3.52. The van der Waals surface area contributed by atoms with Gasteiger partial charge in [-0.2, -0.15) is 0 Å². The van der Waals surface area contributed by atoms with Crippen LogP contribution in [0.5, 0.6) is 11.5 Å². The lowest BCUT2D eigenvalue weighted by atomic mass is 10.0. The number of methoxy groups -OCH3 is 2. The number of carbonyl (C=O) groups excluding carboxylic acids is 3. The molecular weight excluding hydrogens is 430 g/mol. The van der Waals surface area contributed by atoms with Gasteiger partial charge < -0.3 is 14.2 Å². The minimum absolute atomic E-state index is 0.212. The van der Waals surface area contributed by atoms with Gasteiger partial charge in [-0.25, -0.2) is 0 Å². The largest absolute Gasteiger partial charge is 0.493 e. The first-order valence-electron chi connectivity index (χ1n) is 9.77. The van der Waals surface area contributed by atoms with E-state index in [1.54, 1.807) is 18.2 Å². The van der Waals surface area contributed by atoms with E-state index in [-0.39, 0.29) is 4.91 Å². The zero-order valence-corrected chi connectivity index (χ0v) is 18.6. The Kier molecular flexibility index (Phi) is 7.72. The van der Waals surface area contributed by atoms with E-state index in [0.717, 1.165) is 27.8 Å². The number of rotatable bonds is 9. The summed E-state index contributed by atoms with van der Waals surface area (Å²) in [5, 5.41) is -0.521. The topological polar surface area (TPSA) is 82.1 Å². The molecule has 0 N–H and O–H groups in total. The summed E-state index contributed by atoms with van der Waals surface area (Å²) in [6.45, 7) is 3.75.